The molecule has 0 aromatic heterocycles. The van der Waals surface area contributed by atoms with Gasteiger partial charge in [0.05, 0.1) is 0 Å². The normalized spacial score (nSPS) is 17.6. The molecule has 158 valence electrons. The fourth-order valence-electron chi connectivity index (χ4n) is 4.44. The molecule has 2 heterocycles. The summed E-state index contributed by atoms with van der Waals surface area (Å²) in [5.41, 5.74) is 1.49. The van der Waals surface area contributed by atoms with Crippen LogP contribution in [0, 0.1) is 0 Å². The number of rotatable bonds is 3. The van der Waals surface area contributed by atoms with Crippen LogP contribution in [0.15, 0.2) is 71.2 Å². The van der Waals surface area contributed by atoms with Gasteiger partial charge in [-0.3, -0.25) is 14.5 Å². The number of amides is 2. The second-order valence-electron chi connectivity index (χ2n) is 8.26. The van der Waals surface area contributed by atoms with E-state index in [4.69, 9.17) is 0 Å². The third-order valence-electron chi connectivity index (χ3n) is 6.34. The van der Waals surface area contributed by atoms with Crippen LogP contribution in [0.1, 0.15) is 20.7 Å². The predicted octanol–water partition coefficient (Wildman–Crippen LogP) is 3.88. The number of hydrogen-bond acceptors (Lipinski definition) is 3. The molecule has 0 bridgehead atoms. The van der Waals surface area contributed by atoms with Gasteiger partial charge in [0, 0.05) is 60.9 Å². The van der Waals surface area contributed by atoms with E-state index in [1.165, 1.54) is 0 Å². The SMILES string of the molecule is O=C(c1ccccc1)N1CCN(C2CN(C(=O)c3ccc4cc(Br)ccc4c3)C2)CC1. The molecule has 3 aromatic rings. The summed E-state index contributed by atoms with van der Waals surface area (Å²) in [6.45, 7) is 4.69. The summed E-state index contributed by atoms with van der Waals surface area (Å²) in [5, 5.41) is 2.20. The first-order chi connectivity index (χ1) is 15.1. The van der Waals surface area contributed by atoms with Crippen LogP contribution in [-0.2, 0) is 0 Å². The number of piperazine rings is 1. The minimum Gasteiger partial charge on any atom is -0.336 e. The highest BCUT2D eigenvalue weighted by Gasteiger charge is 2.37. The molecule has 5 nitrogen and oxygen atoms in total. The third-order valence-corrected chi connectivity index (χ3v) is 6.83. The maximum Gasteiger partial charge on any atom is 0.253 e. The van der Waals surface area contributed by atoms with E-state index in [0.717, 1.165) is 65.6 Å². The number of carbonyl (C=O) groups excluding carboxylic acids is 2. The van der Waals surface area contributed by atoms with E-state index >= 15 is 0 Å². The Labute approximate surface area is 190 Å². The fourth-order valence-corrected chi connectivity index (χ4v) is 4.82. The van der Waals surface area contributed by atoms with Crippen LogP contribution in [-0.4, -0.2) is 71.8 Å². The van der Waals surface area contributed by atoms with E-state index < -0.39 is 0 Å². The van der Waals surface area contributed by atoms with Crippen LogP contribution in [0.4, 0.5) is 0 Å². The van der Waals surface area contributed by atoms with Crippen molar-refractivity contribution >= 4 is 38.5 Å². The quantitative estimate of drug-likeness (QED) is 0.574. The number of halogens is 1. The van der Waals surface area contributed by atoms with Crippen molar-refractivity contribution < 1.29 is 9.59 Å². The molecule has 0 radical (unpaired) electrons. The zero-order valence-electron chi connectivity index (χ0n) is 17.2. The molecular weight excluding hydrogens is 454 g/mol. The molecule has 31 heavy (non-hydrogen) atoms. The molecule has 5 rings (SSSR count). The van der Waals surface area contributed by atoms with Crippen molar-refractivity contribution in [2.75, 3.05) is 39.3 Å². The standard InChI is InChI=1S/C25H24BrN3O2/c26-22-9-8-19-14-21(7-6-20(19)15-22)25(31)29-16-23(17-29)27-10-12-28(13-11-27)24(30)18-4-2-1-3-5-18/h1-9,14-15,23H,10-13,16-17H2. The molecule has 0 unspecified atom stereocenters. The van der Waals surface area contributed by atoms with E-state index in [1.807, 2.05) is 70.5 Å². The molecule has 0 saturated carbocycles. The van der Waals surface area contributed by atoms with E-state index in [9.17, 15) is 9.59 Å². The van der Waals surface area contributed by atoms with Crippen LogP contribution in [0.5, 0.6) is 0 Å². The van der Waals surface area contributed by atoms with Gasteiger partial charge in [-0.1, -0.05) is 46.3 Å². The number of benzene rings is 3. The molecular formula is C25H24BrN3O2. The molecule has 2 aliphatic rings. The first kappa shape index (κ1) is 20.2. The maximum absolute atomic E-state index is 12.9. The van der Waals surface area contributed by atoms with E-state index in [1.54, 1.807) is 0 Å². The molecule has 2 saturated heterocycles. The van der Waals surface area contributed by atoms with Crippen LogP contribution in [0.25, 0.3) is 10.8 Å². The van der Waals surface area contributed by atoms with Gasteiger partial charge in [-0.15, -0.1) is 0 Å². The van der Waals surface area contributed by atoms with Crippen molar-refractivity contribution in [3.05, 3.63) is 82.3 Å². The van der Waals surface area contributed by atoms with Crippen LogP contribution in [0.2, 0.25) is 0 Å². The molecule has 0 atom stereocenters. The van der Waals surface area contributed by atoms with Crippen molar-refractivity contribution in [1.82, 2.24) is 14.7 Å². The van der Waals surface area contributed by atoms with Gasteiger partial charge in [-0.2, -0.15) is 0 Å². The Morgan fingerprint density at radius 2 is 1.35 bits per heavy atom. The highest BCUT2D eigenvalue weighted by atomic mass is 79.9. The van der Waals surface area contributed by atoms with Gasteiger partial charge >= 0.3 is 0 Å². The van der Waals surface area contributed by atoms with Gasteiger partial charge in [-0.05, 0) is 47.2 Å². The highest BCUT2D eigenvalue weighted by Crippen LogP contribution is 2.24. The Kier molecular flexibility index (Phi) is 5.50. The lowest BCUT2D eigenvalue weighted by Crippen LogP contribution is -2.64. The second kappa shape index (κ2) is 8.44. The minimum atomic E-state index is 0.0963. The lowest BCUT2D eigenvalue weighted by Gasteiger charge is -2.48. The maximum atomic E-state index is 12.9. The Hall–Kier alpha value is -2.70. The van der Waals surface area contributed by atoms with Gasteiger partial charge in [0.2, 0.25) is 0 Å². The summed E-state index contributed by atoms with van der Waals surface area (Å²) in [7, 11) is 0. The number of likely N-dealkylation sites (tertiary alicyclic amines) is 1. The Morgan fingerprint density at radius 1 is 0.710 bits per heavy atom. The summed E-state index contributed by atoms with van der Waals surface area (Å²) in [6.07, 6.45) is 0. The molecule has 3 aromatic carbocycles. The molecule has 0 aliphatic carbocycles. The van der Waals surface area contributed by atoms with Crippen molar-refractivity contribution in [3.8, 4) is 0 Å². The van der Waals surface area contributed by atoms with Crippen LogP contribution < -0.4 is 0 Å². The van der Waals surface area contributed by atoms with Crippen LogP contribution >= 0.6 is 15.9 Å². The highest BCUT2D eigenvalue weighted by molar-refractivity contribution is 9.10. The number of fused-ring (bicyclic) bond motifs is 1. The van der Waals surface area contributed by atoms with Gasteiger partial charge in [0.15, 0.2) is 0 Å². The van der Waals surface area contributed by atoms with Gasteiger partial charge in [-0.25, -0.2) is 0 Å². The van der Waals surface area contributed by atoms with Crippen molar-refractivity contribution in [1.29, 1.82) is 0 Å². The largest absolute Gasteiger partial charge is 0.336 e. The molecule has 2 fully saturated rings. The van der Waals surface area contributed by atoms with E-state index in [0.29, 0.717) is 6.04 Å². The topological polar surface area (TPSA) is 43.9 Å². The average molecular weight is 478 g/mol. The summed E-state index contributed by atoms with van der Waals surface area (Å²) < 4.78 is 1.04. The predicted molar refractivity (Wildman–Crippen MR) is 125 cm³/mol. The van der Waals surface area contributed by atoms with Crippen molar-refractivity contribution in [2.24, 2.45) is 0 Å². The first-order valence-corrected chi connectivity index (χ1v) is 11.4. The van der Waals surface area contributed by atoms with E-state index in [-0.39, 0.29) is 11.8 Å². The Balaban J connectivity index is 1.15. The zero-order chi connectivity index (χ0) is 21.4. The Bertz CT molecular complexity index is 1120. The van der Waals surface area contributed by atoms with Gasteiger partial charge in [0.25, 0.3) is 11.8 Å². The smallest absolute Gasteiger partial charge is 0.253 e. The number of carbonyl (C=O) groups is 2. The van der Waals surface area contributed by atoms with Gasteiger partial charge in [0.1, 0.15) is 0 Å². The van der Waals surface area contributed by atoms with E-state index in [2.05, 4.69) is 26.9 Å². The molecule has 0 N–H and O–H groups in total. The molecule has 0 spiro atoms. The van der Waals surface area contributed by atoms with Crippen molar-refractivity contribution in [3.63, 3.8) is 0 Å². The Morgan fingerprint density at radius 3 is 2.10 bits per heavy atom. The monoisotopic (exact) mass is 477 g/mol. The molecule has 2 aliphatic heterocycles. The van der Waals surface area contributed by atoms with Gasteiger partial charge < -0.3 is 9.80 Å². The molecule has 2 amide bonds. The summed E-state index contributed by atoms with van der Waals surface area (Å²) in [5.74, 6) is 0.202. The first-order valence-electron chi connectivity index (χ1n) is 10.7. The summed E-state index contributed by atoms with van der Waals surface area (Å²) in [6, 6.07) is 21.8. The summed E-state index contributed by atoms with van der Waals surface area (Å²) >= 11 is 3.49. The average Bonchev–Trinajstić information content (AvgIpc) is 2.78. The third kappa shape index (κ3) is 4.10. The van der Waals surface area contributed by atoms with Crippen LogP contribution in [0.3, 0.4) is 0 Å². The number of nitrogens with zero attached hydrogens (tertiary/aromatic N) is 3. The lowest BCUT2D eigenvalue weighted by atomic mass is 10.0. The minimum absolute atomic E-state index is 0.0963. The zero-order valence-corrected chi connectivity index (χ0v) is 18.8. The molecule has 6 heteroatoms. The van der Waals surface area contributed by atoms with Crippen molar-refractivity contribution in [2.45, 2.75) is 6.04 Å². The lowest BCUT2D eigenvalue weighted by molar-refractivity contribution is 0.00854. The number of hydrogen-bond donors (Lipinski definition) is 0. The second-order valence-corrected chi connectivity index (χ2v) is 9.18. The summed E-state index contributed by atoms with van der Waals surface area (Å²) in [4.78, 5) is 31.8. The fraction of sp³-hybridized carbons (Fsp3) is 0.280.